The predicted molar refractivity (Wildman–Crippen MR) is 66.4 cm³/mol. The Morgan fingerprint density at radius 3 is 2.61 bits per heavy atom. The van der Waals surface area contributed by atoms with Gasteiger partial charge in [0.2, 0.25) is 0 Å². The fourth-order valence-corrected chi connectivity index (χ4v) is 2.28. The number of carbonyl (C=O) groups excluding carboxylic acids is 1. The fourth-order valence-electron chi connectivity index (χ4n) is 2.28. The van der Waals surface area contributed by atoms with Crippen molar-refractivity contribution in [2.45, 2.75) is 12.5 Å². The molecule has 0 unspecified atom stereocenters. The standard InChI is InChI=1S/C15H12O3/c16-12-8-4-7-11-9-13(18-15(17)14(11)12)10-5-2-1-3-6-10/h1-8,13,16H,9H2/t13-/m0/s1. The number of aromatic hydroxyl groups is 1. The van der Waals surface area contributed by atoms with Gasteiger partial charge < -0.3 is 9.84 Å². The molecule has 18 heavy (non-hydrogen) atoms. The summed E-state index contributed by atoms with van der Waals surface area (Å²) in [5.41, 5.74) is 2.10. The Balaban J connectivity index is 2.00. The highest BCUT2D eigenvalue weighted by Gasteiger charge is 2.29. The van der Waals surface area contributed by atoms with E-state index >= 15 is 0 Å². The second-order valence-corrected chi connectivity index (χ2v) is 4.32. The van der Waals surface area contributed by atoms with Crippen LogP contribution in [0.1, 0.15) is 27.6 Å². The van der Waals surface area contributed by atoms with Gasteiger partial charge in [-0.25, -0.2) is 4.79 Å². The summed E-state index contributed by atoms with van der Waals surface area (Å²) in [7, 11) is 0. The second-order valence-electron chi connectivity index (χ2n) is 4.32. The molecule has 0 aromatic heterocycles. The van der Waals surface area contributed by atoms with E-state index in [9.17, 15) is 9.90 Å². The number of carbonyl (C=O) groups is 1. The first kappa shape index (κ1) is 10.8. The molecule has 0 fully saturated rings. The largest absolute Gasteiger partial charge is 0.507 e. The molecule has 2 aromatic carbocycles. The highest BCUT2D eigenvalue weighted by molar-refractivity contribution is 5.95. The van der Waals surface area contributed by atoms with Gasteiger partial charge in [-0.3, -0.25) is 0 Å². The average Bonchev–Trinajstić information content (AvgIpc) is 2.39. The third-order valence-electron chi connectivity index (χ3n) is 3.16. The molecule has 0 aliphatic carbocycles. The van der Waals surface area contributed by atoms with Crippen molar-refractivity contribution in [1.29, 1.82) is 0 Å². The van der Waals surface area contributed by atoms with E-state index in [1.165, 1.54) is 6.07 Å². The van der Waals surface area contributed by atoms with Crippen LogP contribution in [0.4, 0.5) is 0 Å². The van der Waals surface area contributed by atoms with Gasteiger partial charge in [0.1, 0.15) is 17.4 Å². The van der Waals surface area contributed by atoms with Crippen LogP contribution in [0, 0.1) is 0 Å². The molecule has 1 heterocycles. The summed E-state index contributed by atoms with van der Waals surface area (Å²) in [6, 6.07) is 14.7. The van der Waals surface area contributed by atoms with Crippen LogP contribution in [0.25, 0.3) is 0 Å². The van der Waals surface area contributed by atoms with Crippen molar-refractivity contribution in [1.82, 2.24) is 0 Å². The first-order chi connectivity index (χ1) is 8.75. The minimum absolute atomic E-state index is 0.0102. The number of phenolic OH excluding ortho intramolecular Hbond substituents is 1. The minimum Gasteiger partial charge on any atom is -0.507 e. The van der Waals surface area contributed by atoms with Crippen molar-refractivity contribution in [3.05, 3.63) is 65.2 Å². The van der Waals surface area contributed by atoms with Crippen molar-refractivity contribution in [3.8, 4) is 5.75 Å². The first-order valence-corrected chi connectivity index (χ1v) is 5.82. The molecule has 0 radical (unpaired) electrons. The molecule has 3 heteroatoms. The maximum Gasteiger partial charge on any atom is 0.342 e. The molecule has 3 rings (SSSR count). The summed E-state index contributed by atoms with van der Waals surface area (Å²) < 4.78 is 5.38. The monoisotopic (exact) mass is 240 g/mol. The van der Waals surface area contributed by atoms with Gasteiger partial charge in [-0.1, -0.05) is 42.5 Å². The lowest BCUT2D eigenvalue weighted by molar-refractivity contribution is 0.0248. The van der Waals surface area contributed by atoms with Gasteiger partial charge in [0.05, 0.1) is 0 Å². The quantitative estimate of drug-likeness (QED) is 0.779. The number of phenols is 1. The first-order valence-electron chi connectivity index (χ1n) is 5.82. The fraction of sp³-hybridized carbons (Fsp3) is 0.133. The Bertz CT molecular complexity index is 590. The Hall–Kier alpha value is -2.29. The van der Waals surface area contributed by atoms with Crippen molar-refractivity contribution in [2.24, 2.45) is 0 Å². The van der Waals surface area contributed by atoms with Gasteiger partial charge in [0, 0.05) is 6.42 Å². The summed E-state index contributed by atoms with van der Waals surface area (Å²) in [6.45, 7) is 0. The highest BCUT2D eigenvalue weighted by atomic mass is 16.5. The number of esters is 1. The number of cyclic esters (lactones) is 1. The Morgan fingerprint density at radius 2 is 1.83 bits per heavy atom. The summed E-state index contributed by atoms with van der Waals surface area (Å²) in [6.07, 6.45) is 0.326. The van der Waals surface area contributed by atoms with Crippen LogP contribution in [-0.2, 0) is 11.2 Å². The molecular formula is C15H12O3. The Labute approximate surface area is 105 Å². The summed E-state index contributed by atoms with van der Waals surface area (Å²) in [4.78, 5) is 11.9. The van der Waals surface area contributed by atoms with Crippen molar-refractivity contribution in [2.75, 3.05) is 0 Å². The highest BCUT2D eigenvalue weighted by Crippen LogP contribution is 2.34. The lowest BCUT2D eigenvalue weighted by Gasteiger charge is -2.25. The van der Waals surface area contributed by atoms with Crippen LogP contribution >= 0.6 is 0 Å². The van der Waals surface area contributed by atoms with Gasteiger partial charge in [0.25, 0.3) is 0 Å². The molecule has 0 saturated heterocycles. The Kier molecular flexibility index (Phi) is 2.52. The smallest absolute Gasteiger partial charge is 0.342 e. The molecule has 1 aliphatic heterocycles. The van der Waals surface area contributed by atoms with Crippen molar-refractivity contribution >= 4 is 5.97 Å². The van der Waals surface area contributed by atoms with Gasteiger partial charge in [-0.15, -0.1) is 0 Å². The van der Waals surface area contributed by atoms with E-state index in [-0.39, 0.29) is 11.9 Å². The minimum atomic E-state index is -0.455. The maximum absolute atomic E-state index is 11.9. The third-order valence-corrected chi connectivity index (χ3v) is 3.16. The van der Waals surface area contributed by atoms with Crippen LogP contribution in [0.2, 0.25) is 0 Å². The molecule has 1 aliphatic rings. The molecule has 3 nitrogen and oxygen atoms in total. The second kappa shape index (κ2) is 4.18. The Morgan fingerprint density at radius 1 is 1.06 bits per heavy atom. The summed E-state index contributed by atoms with van der Waals surface area (Å²) in [5, 5.41) is 9.68. The van der Waals surface area contributed by atoms with E-state index in [0.29, 0.717) is 12.0 Å². The molecular weight excluding hydrogens is 228 g/mol. The van der Waals surface area contributed by atoms with Crippen LogP contribution in [0.5, 0.6) is 5.75 Å². The van der Waals surface area contributed by atoms with Gasteiger partial charge in [-0.05, 0) is 17.2 Å². The van der Waals surface area contributed by atoms with Gasteiger partial charge >= 0.3 is 5.97 Å². The zero-order chi connectivity index (χ0) is 12.5. The predicted octanol–water partition coefficient (Wildman–Crippen LogP) is 2.85. The summed E-state index contributed by atoms with van der Waals surface area (Å²) >= 11 is 0. The summed E-state index contributed by atoms with van der Waals surface area (Å²) in [5.74, 6) is -0.466. The van der Waals surface area contributed by atoms with E-state index in [1.54, 1.807) is 6.07 Å². The van der Waals surface area contributed by atoms with E-state index in [2.05, 4.69) is 0 Å². The van der Waals surface area contributed by atoms with Crippen LogP contribution in [-0.4, -0.2) is 11.1 Å². The lowest BCUT2D eigenvalue weighted by atomic mass is 9.94. The van der Waals surface area contributed by atoms with E-state index in [1.807, 2.05) is 36.4 Å². The average molecular weight is 240 g/mol. The number of fused-ring (bicyclic) bond motifs is 1. The topological polar surface area (TPSA) is 46.5 Å². The maximum atomic E-state index is 11.9. The van der Waals surface area contributed by atoms with Crippen LogP contribution < -0.4 is 0 Å². The van der Waals surface area contributed by atoms with Crippen LogP contribution in [0.3, 0.4) is 0 Å². The molecule has 0 spiro atoms. The molecule has 0 bridgehead atoms. The number of rotatable bonds is 1. The van der Waals surface area contributed by atoms with E-state index in [4.69, 9.17) is 4.74 Å². The van der Waals surface area contributed by atoms with Crippen LogP contribution in [0.15, 0.2) is 48.5 Å². The van der Waals surface area contributed by atoms with Crippen molar-refractivity contribution < 1.29 is 14.6 Å². The number of ether oxygens (including phenoxy) is 1. The molecule has 90 valence electrons. The number of hydrogen-bond acceptors (Lipinski definition) is 3. The zero-order valence-electron chi connectivity index (χ0n) is 9.67. The molecule has 1 atom stereocenters. The molecule has 0 amide bonds. The van der Waals surface area contributed by atoms with Gasteiger partial charge in [0.15, 0.2) is 0 Å². The lowest BCUT2D eigenvalue weighted by Crippen LogP contribution is -2.21. The number of benzene rings is 2. The normalized spacial score (nSPS) is 18.0. The third kappa shape index (κ3) is 1.74. The molecule has 0 saturated carbocycles. The van der Waals surface area contributed by atoms with Gasteiger partial charge in [-0.2, -0.15) is 0 Å². The zero-order valence-corrected chi connectivity index (χ0v) is 9.67. The number of hydrogen-bond donors (Lipinski definition) is 1. The van der Waals surface area contributed by atoms with E-state index < -0.39 is 5.97 Å². The molecule has 1 N–H and O–H groups in total. The van der Waals surface area contributed by atoms with E-state index in [0.717, 1.165) is 11.1 Å². The molecule has 2 aromatic rings. The SMILES string of the molecule is O=C1O[C@H](c2ccccc2)Cc2cccc(O)c21. The van der Waals surface area contributed by atoms with Crippen molar-refractivity contribution in [3.63, 3.8) is 0 Å².